The minimum Gasteiger partial charge on any atom is -0.380 e. The van der Waals surface area contributed by atoms with Crippen LogP contribution in [0.3, 0.4) is 0 Å². The number of rotatable bonds is 24. The van der Waals surface area contributed by atoms with Crippen LogP contribution in [0, 0.1) is 5.41 Å². The molecule has 0 radical (unpaired) electrons. The number of aliphatic hydroxyl groups is 1. The van der Waals surface area contributed by atoms with Crippen molar-refractivity contribution in [1.29, 1.82) is 0 Å². The molecule has 0 aliphatic carbocycles. The zero-order chi connectivity index (χ0) is 33.1. The second-order valence-corrected chi connectivity index (χ2v) is 14.0. The molecule has 46 heavy (non-hydrogen) atoms. The molecule has 3 aromatic rings. The molecule has 2 nitrogen and oxygen atoms in total. The van der Waals surface area contributed by atoms with Crippen LogP contribution in [0.4, 0.5) is 13.2 Å². The third-order valence-electron chi connectivity index (χ3n) is 9.96. The predicted molar refractivity (Wildman–Crippen MR) is 188 cm³/mol. The van der Waals surface area contributed by atoms with Gasteiger partial charge < -0.3 is 5.11 Å². The van der Waals surface area contributed by atoms with E-state index in [1.165, 1.54) is 64.2 Å². The Hall–Kier alpha value is -2.40. The van der Waals surface area contributed by atoms with Gasteiger partial charge in [0.15, 0.2) is 5.60 Å². The molecule has 0 aliphatic rings. The predicted octanol–water partition coefficient (Wildman–Crippen LogP) is 12.8. The second kappa shape index (κ2) is 20.1. The number of halogens is 3. The number of unbranched alkanes of at least 4 members (excludes halogenated alkanes) is 14. The highest BCUT2D eigenvalue weighted by Crippen LogP contribution is 2.48. The van der Waals surface area contributed by atoms with Gasteiger partial charge in [-0.05, 0) is 54.4 Å². The van der Waals surface area contributed by atoms with Crippen molar-refractivity contribution < 1.29 is 18.3 Å². The van der Waals surface area contributed by atoms with Crippen LogP contribution in [0.5, 0.6) is 0 Å². The van der Waals surface area contributed by atoms with Crippen molar-refractivity contribution in [3.63, 3.8) is 0 Å². The quantitative estimate of drug-likeness (QED) is 0.0989. The summed E-state index contributed by atoms with van der Waals surface area (Å²) in [6.45, 7) is 4.44. The third-order valence-corrected chi connectivity index (χ3v) is 9.96. The van der Waals surface area contributed by atoms with Crippen LogP contribution in [0.2, 0.25) is 0 Å². The number of hydrogen-bond acceptors (Lipinski definition) is 2. The molecule has 1 N–H and O–H groups in total. The fourth-order valence-electron chi connectivity index (χ4n) is 7.35. The number of pyridine rings is 1. The Kier molecular flexibility index (Phi) is 16.6. The number of nitrogens with zero attached hydrogens (tertiary/aromatic N) is 1. The van der Waals surface area contributed by atoms with Crippen LogP contribution in [-0.4, -0.2) is 21.9 Å². The lowest BCUT2D eigenvalue weighted by Crippen LogP contribution is -2.51. The maximum atomic E-state index is 15.2. The van der Waals surface area contributed by atoms with Crippen molar-refractivity contribution in [2.24, 2.45) is 5.41 Å². The number of para-hydroxylation sites is 1. The molecule has 0 saturated carbocycles. The molecule has 1 unspecified atom stereocenters. The van der Waals surface area contributed by atoms with E-state index >= 15 is 13.2 Å². The molecular weight excluding hydrogens is 579 g/mol. The zero-order valence-corrected chi connectivity index (χ0v) is 28.7. The minimum atomic E-state index is -4.77. The van der Waals surface area contributed by atoms with Gasteiger partial charge in [-0.3, -0.25) is 4.98 Å². The Balaban J connectivity index is 1.88. The molecule has 0 bridgehead atoms. The zero-order valence-electron chi connectivity index (χ0n) is 28.7. The Morgan fingerprint density at radius 1 is 0.587 bits per heavy atom. The summed E-state index contributed by atoms with van der Waals surface area (Å²) in [5.41, 5.74) is -1.29. The summed E-state index contributed by atoms with van der Waals surface area (Å²) in [5, 5.41) is 12.5. The van der Waals surface area contributed by atoms with Gasteiger partial charge in [0, 0.05) is 18.0 Å². The summed E-state index contributed by atoms with van der Waals surface area (Å²) < 4.78 is 45.5. The topological polar surface area (TPSA) is 33.1 Å². The standard InChI is InChI=1S/C41H60F3NO/c1-3-5-7-9-11-13-15-22-29-39(32-35-24-18-17-19-25-35,30-23-16-14-12-10-8-6-4-2)34-40(46,41(42,43)44)33-36-28-31-45-38-27-21-20-26-37(36)38/h17-21,24-28,31,46H,3-16,22-23,29-30,32-34H2,1-2H3. The molecule has 3 rings (SSSR count). The van der Waals surface area contributed by atoms with Gasteiger partial charge in [0.1, 0.15) is 0 Å². The highest BCUT2D eigenvalue weighted by Gasteiger charge is 2.56. The lowest BCUT2D eigenvalue weighted by molar-refractivity contribution is -0.271. The van der Waals surface area contributed by atoms with Crippen LogP contribution in [0.15, 0.2) is 66.9 Å². The lowest BCUT2D eigenvalue weighted by atomic mass is 9.66. The summed E-state index contributed by atoms with van der Waals surface area (Å²) in [6, 6.07) is 18.9. The van der Waals surface area contributed by atoms with Gasteiger partial charge in [0.25, 0.3) is 0 Å². The van der Waals surface area contributed by atoms with E-state index in [1.807, 2.05) is 54.6 Å². The van der Waals surface area contributed by atoms with E-state index in [0.29, 0.717) is 35.7 Å². The smallest absolute Gasteiger partial charge is 0.380 e. The molecule has 0 aliphatic heterocycles. The molecule has 0 saturated heterocycles. The molecule has 256 valence electrons. The average Bonchev–Trinajstić information content (AvgIpc) is 3.04. The van der Waals surface area contributed by atoms with Gasteiger partial charge in [0.05, 0.1) is 5.52 Å². The normalized spacial score (nSPS) is 13.7. The Morgan fingerprint density at radius 2 is 1.09 bits per heavy atom. The van der Waals surface area contributed by atoms with Gasteiger partial charge in [-0.15, -0.1) is 0 Å². The van der Waals surface area contributed by atoms with Crippen LogP contribution in [0.25, 0.3) is 10.9 Å². The fourth-order valence-corrected chi connectivity index (χ4v) is 7.35. The molecule has 1 atom stereocenters. The Morgan fingerprint density at radius 3 is 1.63 bits per heavy atom. The fraction of sp³-hybridized carbons (Fsp3) is 0.634. The first-order valence-corrected chi connectivity index (χ1v) is 18.4. The Bertz CT molecular complexity index is 1200. The summed E-state index contributed by atoms with van der Waals surface area (Å²) in [7, 11) is 0. The van der Waals surface area contributed by atoms with Crippen molar-refractivity contribution in [1.82, 2.24) is 4.98 Å². The monoisotopic (exact) mass is 639 g/mol. The highest BCUT2D eigenvalue weighted by atomic mass is 19.4. The van der Waals surface area contributed by atoms with Crippen molar-refractivity contribution in [3.8, 4) is 0 Å². The van der Waals surface area contributed by atoms with Crippen LogP contribution in [-0.2, 0) is 12.8 Å². The molecule has 0 amide bonds. The molecule has 2 aromatic carbocycles. The van der Waals surface area contributed by atoms with Gasteiger partial charge in [-0.25, -0.2) is 0 Å². The first-order valence-electron chi connectivity index (χ1n) is 18.4. The van der Waals surface area contributed by atoms with Crippen molar-refractivity contribution in [2.45, 2.75) is 160 Å². The maximum Gasteiger partial charge on any atom is 0.417 e. The number of benzene rings is 2. The Labute approximate surface area is 277 Å². The van der Waals surface area contributed by atoms with E-state index in [1.54, 1.807) is 12.3 Å². The molecular formula is C41H60F3NO. The van der Waals surface area contributed by atoms with E-state index in [0.717, 1.165) is 44.1 Å². The number of hydrogen-bond donors (Lipinski definition) is 1. The van der Waals surface area contributed by atoms with Crippen LogP contribution >= 0.6 is 0 Å². The lowest BCUT2D eigenvalue weighted by Gasteiger charge is -2.43. The summed E-state index contributed by atoms with van der Waals surface area (Å²) in [5.74, 6) is 0. The SMILES string of the molecule is CCCCCCCCCCC(CCCCCCCCCC)(Cc1ccccc1)CC(O)(Cc1ccnc2ccccc12)C(F)(F)F. The van der Waals surface area contributed by atoms with Gasteiger partial charge >= 0.3 is 6.18 Å². The van der Waals surface area contributed by atoms with E-state index in [4.69, 9.17) is 0 Å². The summed E-state index contributed by atoms with van der Waals surface area (Å²) in [6.07, 6.45) is 16.4. The van der Waals surface area contributed by atoms with Crippen molar-refractivity contribution in [2.75, 3.05) is 0 Å². The van der Waals surface area contributed by atoms with Crippen LogP contribution < -0.4 is 0 Å². The summed E-state index contributed by atoms with van der Waals surface area (Å²) in [4.78, 5) is 4.36. The largest absolute Gasteiger partial charge is 0.417 e. The van der Waals surface area contributed by atoms with Gasteiger partial charge in [-0.1, -0.05) is 165 Å². The van der Waals surface area contributed by atoms with Gasteiger partial charge in [0.2, 0.25) is 0 Å². The number of alkyl halides is 3. The first kappa shape index (κ1) is 38.1. The molecule has 1 aromatic heterocycles. The van der Waals surface area contributed by atoms with Crippen LogP contribution in [0.1, 0.15) is 147 Å². The second-order valence-electron chi connectivity index (χ2n) is 14.0. The first-order chi connectivity index (χ1) is 22.2. The van der Waals surface area contributed by atoms with Crippen molar-refractivity contribution >= 4 is 10.9 Å². The number of fused-ring (bicyclic) bond motifs is 1. The summed E-state index contributed by atoms with van der Waals surface area (Å²) >= 11 is 0. The van der Waals surface area contributed by atoms with Crippen molar-refractivity contribution in [3.05, 3.63) is 78.0 Å². The van der Waals surface area contributed by atoms with E-state index in [-0.39, 0.29) is 6.42 Å². The molecule has 5 heteroatoms. The molecule has 1 heterocycles. The van der Waals surface area contributed by atoms with E-state index < -0.39 is 23.6 Å². The van der Waals surface area contributed by atoms with E-state index in [2.05, 4.69) is 18.8 Å². The maximum absolute atomic E-state index is 15.2. The molecule has 0 spiro atoms. The third kappa shape index (κ3) is 12.7. The average molecular weight is 640 g/mol. The highest BCUT2D eigenvalue weighted by molar-refractivity contribution is 5.81. The minimum absolute atomic E-state index is 0.290. The van der Waals surface area contributed by atoms with E-state index in [9.17, 15) is 5.11 Å². The molecule has 0 fully saturated rings. The number of aromatic nitrogens is 1. The van der Waals surface area contributed by atoms with Gasteiger partial charge in [-0.2, -0.15) is 13.2 Å².